The van der Waals surface area contributed by atoms with Gasteiger partial charge in [0.25, 0.3) is 5.91 Å². The molecule has 164 valence electrons. The summed E-state index contributed by atoms with van der Waals surface area (Å²) in [6.45, 7) is 2.44. The molecule has 0 atom stereocenters. The number of carbonyl (C=O) groups is 2. The highest BCUT2D eigenvalue weighted by Gasteiger charge is 2.13. The molecule has 0 unspecified atom stereocenters. The Labute approximate surface area is 199 Å². The van der Waals surface area contributed by atoms with Crippen LogP contribution in [-0.4, -0.2) is 31.8 Å². The molecule has 0 heterocycles. The van der Waals surface area contributed by atoms with E-state index in [0.29, 0.717) is 34.8 Å². The SMILES string of the molecule is CCOc1ccc(C(=O)Oc2ccc(/C=N\NC(=O)c3ccccc3I)cc2OC)cc1. The summed E-state index contributed by atoms with van der Waals surface area (Å²) in [5, 5.41) is 3.99. The van der Waals surface area contributed by atoms with Crippen LogP contribution < -0.4 is 19.6 Å². The van der Waals surface area contributed by atoms with Crippen LogP contribution in [0, 0.1) is 3.57 Å². The molecule has 8 heteroatoms. The third-order valence-electron chi connectivity index (χ3n) is 4.29. The molecule has 0 bridgehead atoms. The molecular formula is C24H21IN2O5. The number of benzene rings is 3. The minimum atomic E-state index is -0.516. The van der Waals surface area contributed by atoms with Gasteiger partial charge in [-0.3, -0.25) is 4.79 Å². The molecule has 1 N–H and O–H groups in total. The van der Waals surface area contributed by atoms with Crippen molar-refractivity contribution in [1.29, 1.82) is 0 Å². The maximum Gasteiger partial charge on any atom is 0.343 e. The Morgan fingerprint density at radius 1 is 1.03 bits per heavy atom. The zero-order chi connectivity index (χ0) is 22.9. The third-order valence-corrected chi connectivity index (χ3v) is 5.23. The van der Waals surface area contributed by atoms with Crippen LogP contribution in [0.1, 0.15) is 33.2 Å². The molecule has 3 aromatic rings. The lowest BCUT2D eigenvalue weighted by molar-refractivity contribution is 0.0729. The number of carbonyl (C=O) groups excluding carboxylic acids is 2. The van der Waals surface area contributed by atoms with Crippen LogP contribution in [0.4, 0.5) is 0 Å². The first kappa shape index (κ1) is 23.3. The predicted octanol–water partition coefficient (Wildman–Crippen LogP) is 4.68. The molecule has 0 aliphatic heterocycles. The first-order valence-electron chi connectivity index (χ1n) is 9.72. The number of rotatable bonds is 8. The van der Waals surface area contributed by atoms with Gasteiger partial charge in [0.05, 0.1) is 31.1 Å². The van der Waals surface area contributed by atoms with Gasteiger partial charge < -0.3 is 14.2 Å². The fraction of sp³-hybridized carbons (Fsp3) is 0.125. The van der Waals surface area contributed by atoms with Gasteiger partial charge >= 0.3 is 5.97 Å². The van der Waals surface area contributed by atoms with Gasteiger partial charge in [-0.15, -0.1) is 0 Å². The molecule has 0 spiro atoms. The second-order valence-electron chi connectivity index (χ2n) is 6.44. The number of hydrazone groups is 1. The number of hydrogen-bond acceptors (Lipinski definition) is 6. The lowest BCUT2D eigenvalue weighted by atomic mass is 10.2. The molecule has 0 radical (unpaired) electrons. The standard InChI is InChI=1S/C24H21IN2O5/c1-3-31-18-11-9-17(10-12-18)24(29)32-21-13-8-16(14-22(21)30-2)15-26-27-23(28)19-6-4-5-7-20(19)25/h4-15H,3H2,1-2H3,(H,27,28)/b26-15-. The minimum absolute atomic E-state index is 0.270. The highest BCUT2D eigenvalue weighted by atomic mass is 127. The smallest absolute Gasteiger partial charge is 0.343 e. The Kier molecular flexibility index (Phi) is 8.20. The van der Waals surface area contributed by atoms with E-state index in [1.54, 1.807) is 54.6 Å². The van der Waals surface area contributed by atoms with Crippen molar-refractivity contribution in [3.8, 4) is 17.2 Å². The van der Waals surface area contributed by atoms with E-state index < -0.39 is 5.97 Å². The van der Waals surface area contributed by atoms with Crippen molar-refractivity contribution < 1.29 is 23.8 Å². The van der Waals surface area contributed by atoms with Crippen LogP contribution in [0.15, 0.2) is 71.8 Å². The maximum absolute atomic E-state index is 12.5. The fourth-order valence-corrected chi connectivity index (χ4v) is 3.36. The Bertz CT molecular complexity index is 1130. The van der Waals surface area contributed by atoms with E-state index in [1.807, 2.05) is 19.1 Å². The van der Waals surface area contributed by atoms with Crippen LogP contribution in [0.5, 0.6) is 17.2 Å². The van der Waals surface area contributed by atoms with Crippen molar-refractivity contribution in [2.75, 3.05) is 13.7 Å². The summed E-state index contributed by atoms with van der Waals surface area (Å²) in [6.07, 6.45) is 1.48. The van der Waals surface area contributed by atoms with Crippen molar-refractivity contribution in [2.45, 2.75) is 6.92 Å². The zero-order valence-electron chi connectivity index (χ0n) is 17.5. The van der Waals surface area contributed by atoms with Crippen molar-refractivity contribution in [2.24, 2.45) is 5.10 Å². The summed E-state index contributed by atoms with van der Waals surface area (Å²) >= 11 is 2.09. The van der Waals surface area contributed by atoms with Crippen molar-refractivity contribution >= 4 is 40.7 Å². The lowest BCUT2D eigenvalue weighted by Crippen LogP contribution is -2.18. The number of halogens is 1. The highest BCUT2D eigenvalue weighted by molar-refractivity contribution is 14.1. The van der Waals surface area contributed by atoms with Crippen LogP contribution in [0.3, 0.4) is 0 Å². The average Bonchev–Trinajstić information content (AvgIpc) is 2.80. The molecule has 3 rings (SSSR count). The molecule has 7 nitrogen and oxygen atoms in total. The largest absolute Gasteiger partial charge is 0.494 e. The van der Waals surface area contributed by atoms with Gasteiger partial charge in [0.1, 0.15) is 5.75 Å². The van der Waals surface area contributed by atoms with Crippen LogP contribution in [0.2, 0.25) is 0 Å². The van der Waals surface area contributed by atoms with Crippen molar-refractivity contribution in [3.05, 3.63) is 87.0 Å². The number of amides is 1. The summed E-state index contributed by atoms with van der Waals surface area (Å²) in [7, 11) is 1.48. The second-order valence-corrected chi connectivity index (χ2v) is 7.60. The van der Waals surface area contributed by atoms with Crippen LogP contribution >= 0.6 is 22.6 Å². The molecule has 0 aliphatic carbocycles. The normalized spacial score (nSPS) is 10.6. The quantitative estimate of drug-likeness (QED) is 0.146. The summed E-state index contributed by atoms with van der Waals surface area (Å²) < 4.78 is 17.0. The summed E-state index contributed by atoms with van der Waals surface area (Å²) in [5.74, 6) is 0.486. The monoisotopic (exact) mass is 544 g/mol. The van der Waals surface area contributed by atoms with Crippen LogP contribution in [0.25, 0.3) is 0 Å². The van der Waals surface area contributed by atoms with E-state index in [4.69, 9.17) is 14.2 Å². The Hall–Kier alpha value is -3.40. The third kappa shape index (κ3) is 6.07. The number of esters is 1. The number of nitrogens with zero attached hydrogens (tertiary/aromatic N) is 1. The van der Waals surface area contributed by atoms with E-state index >= 15 is 0 Å². The maximum atomic E-state index is 12.5. The Balaban J connectivity index is 1.66. The van der Waals surface area contributed by atoms with E-state index in [0.717, 1.165) is 3.57 Å². The van der Waals surface area contributed by atoms with Crippen molar-refractivity contribution in [1.82, 2.24) is 5.43 Å². The zero-order valence-corrected chi connectivity index (χ0v) is 19.7. The number of ether oxygens (including phenoxy) is 3. The second kappa shape index (κ2) is 11.3. The number of methoxy groups -OCH3 is 1. The Morgan fingerprint density at radius 2 is 1.78 bits per heavy atom. The molecule has 0 saturated heterocycles. The van der Waals surface area contributed by atoms with Gasteiger partial charge in [-0.1, -0.05) is 12.1 Å². The molecule has 0 aromatic heterocycles. The summed E-state index contributed by atoms with van der Waals surface area (Å²) in [4.78, 5) is 24.7. The van der Waals surface area contributed by atoms with Gasteiger partial charge in [-0.25, -0.2) is 10.2 Å². The molecule has 1 amide bonds. The highest BCUT2D eigenvalue weighted by Crippen LogP contribution is 2.28. The molecule has 0 aliphatic rings. The first-order valence-corrected chi connectivity index (χ1v) is 10.8. The van der Waals surface area contributed by atoms with E-state index in [9.17, 15) is 9.59 Å². The average molecular weight is 544 g/mol. The number of hydrogen-bond donors (Lipinski definition) is 1. The molecular weight excluding hydrogens is 523 g/mol. The van der Waals surface area contributed by atoms with E-state index in [2.05, 4.69) is 33.1 Å². The van der Waals surface area contributed by atoms with Gasteiger partial charge in [0.2, 0.25) is 0 Å². The van der Waals surface area contributed by atoms with Gasteiger partial charge in [-0.2, -0.15) is 5.10 Å². The van der Waals surface area contributed by atoms with Gasteiger partial charge in [0.15, 0.2) is 11.5 Å². The molecule has 32 heavy (non-hydrogen) atoms. The fourth-order valence-electron chi connectivity index (χ4n) is 2.73. The van der Waals surface area contributed by atoms with Crippen molar-refractivity contribution in [3.63, 3.8) is 0 Å². The topological polar surface area (TPSA) is 86.2 Å². The number of nitrogens with one attached hydrogen (secondary N) is 1. The van der Waals surface area contributed by atoms with E-state index in [1.165, 1.54) is 13.3 Å². The molecule has 0 fully saturated rings. The first-order chi connectivity index (χ1) is 15.5. The van der Waals surface area contributed by atoms with Gasteiger partial charge in [-0.05, 0) is 89.7 Å². The predicted molar refractivity (Wildman–Crippen MR) is 130 cm³/mol. The molecule has 0 saturated carbocycles. The summed E-state index contributed by atoms with van der Waals surface area (Å²) in [5.41, 5.74) is 4.08. The Morgan fingerprint density at radius 3 is 2.47 bits per heavy atom. The van der Waals surface area contributed by atoms with E-state index in [-0.39, 0.29) is 11.7 Å². The summed E-state index contributed by atoms with van der Waals surface area (Å²) in [6, 6.07) is 18.9. The minimum Gasteiger partial charge on any atom is -0.494 e. The molecule has 3 aromatic carbocycles. The van der Waals surface area contributed by atoms with Crippen LogP contribution in [-0.2, 0) is 0 Å². The lowest BCUT2D eigenvalue weighted by Gasteiger charge is -2.10. The van der Waals surface area contributed by atoms with Gasteiger partial charge in [0, 0.05) is 3.57 Å².